The molecule has 0 unspecified atom stereocenters. The van der Waals surface area contributed by atoms with Crippen molar-refractivity contribution < 1.29 is 113 Å². The first-order valence-electron chi connectivity index (χ1n) is 22.7. The molecule has 9 N–H and O–H groups in total. The van der Waals surface area contributed by atoms with Crippen molar-refractivity contribution in [3.05, 3.63) is 0 Å². The van der Waals surface area contributed by atoms with Gasteiger partial charge in [0, 0.05) is 40.3 Å². The van der Waals surface area contributed by atoms with E-state index in [1.54, 1.807) is 134 Å². The average molecular weight is 1250 g/mol. The van der Waals surface area contributed by atoms with Crippen molar-refractivity contribution in [2.75, 3.05) is 62.6 Å². The zero-order valence-corrected chi connectivity index (χ0v) is 58.0. The number of hydrogen-bond acceptors (Lipinski definition) is 23. The number of ether oxygens (including phenoxy) is 6. The standard InChI is InChI=1S/C10H18O5.C9H19NO5S.C9H19NO2S.C8H17NO3.C4H11NS.C3H9NO.CH3ClO2S.CH4S.ClH.Na/c1-9(2,3)14-7(11)13-8(12)15-10(4,5)6;1-7(6-14-16(5,12)13)10-8(11)15-9(2,3)4;1-7(6-13-5)10-8(11)12-9(2,3)4;1-6(5-10)9-7(11)12-8(2,3)4;1-4(5)3-6-2;1-3(4)2-5;1-5(2,3)4;1-2;;/h1-6H3;7H,6H2,1-5H3,(H,10,11);7H,6H2,1-5H3,(H,10,11);6,10H,5H2,1-4H3,(H,9,11);4H,3,5H2,1-2H3;3,5H,2,4H2,1H3;1H3;2H,1H3;1H;/q;;;;;;;;;+1/p-1/t;2*7-;6-;4-;3-;;;;/m.11111..../s1. The molecule has 458 valence electrons. The second-order valence-electron chi connectivity index (χ2n) is 20.6. The molecule has 0 aromatic carbocycles. The quantitative estimate of drug-likeness (QED) is 0.0265. The summed E-state index contributed by atoms with van der Waals surface area (Å²) in [6, 6.07) is -0.246. The van der Waals surface area contributed by atoms with E-state index in [9.17, 15) is 40.8 Å². The number of amides is 3. The van der Waals surface area contributed by atoms with Gasteiger partial charge in [-0.3, -0.25) is 4.18 Å². The molecule has 5 atom stereocenters. The SMILES string of the molecule is CC(C)(C)OC(=O)OC(=O)OC(C)(C)C.CS(=O)(=O)Cl.CSC[C@@H](C)N.CSC[C@@H](C)NC(=O)OC(C)(C)C.C[C@@H](N)CO.C[C@H](CO)NC(=O)OC(C)(C)C.C[C@H](COS(C)(=O)=O)NC(=O)OC(C)(C)C.C[S-].Cl.[Na+]. The summed E-state index contributed by atoms with van der Waals surface area (Å²) < 4.78 is 73.5. The number of aliphatic hydroxyl groups is 2. The van der Waals surface area contributed by atoms with Crippen LogP contribution in [-0.4, -0.2) is 178 Å². The minimum Gasteiger partial charge on any atom is -0.796 e. The monoisotopic (exact) mass is 1250 g/mol. The molecule has 0 saturated carbocycles. The number of nitrogens with two attached hydrogens (primary N) is 2. The van der Waals surface area contributed by atoms with Crippen LogP contribution in [0.25, 0.3) is 0 Å². The molecule has 3 amide bonds. The molecule has 0 fully saturated rings. The summed E-state index contributed by atoms with van der Waals surface area (Å²) in [5.74, 6) is 1.97. The van der Waals surface area contributed by atoms with Crippen LogP contribution in [-0.2, 0) is 64.4 Å². The van der Waals surface area contributed by atoms with Gasteiger partial charge in [-0.15, -0.1) is 12.4 Å². The molecule has 0 rings (SSSR count). The van der Waals surface area contributed by atoms with E-state index >= 15 is 0 Å². The summed E-state index contributed by atoms with van der Waals surface area (Å²) in [5, 5.41) is 24.3. The van der Waals surface area contributed by atoms with Gasteiger partial charge in [0.15, 0.2) is 0 Å². The van der Waals surface area contributed by atoms with Crippen molar-refractivity contribution in [2.24, 2.45) is 11.5 Å². The minimum absolute atomic E-state index is 0. The Balaban J connectivity index is -0.0000000858. The summed E-state index contributed by atoms with van der Waals surface area (Å²) >= 11 is 7.57. The van der Waals surface area contributed by atoms with Gasteiger partial charge in [0.1, 0.15) is 28.0 Å². The van der Waals surface area contributed by atoms with E-state index in [0.29, 0.717) is 6.04 Å². The Morgan fingerprint density at radius 2 is 0.789 bits per heavy atom. The predicted octanol–water partition coefficient (Wildman–Crippen LogP) is 4.70. The van der Waals surface area contributed by atoms with Crippen LogP contribution < -0.4 is 57.0 Å². The first-order chi connectivity index (χ1) is 32.7. The second-order valence-corrected chi connectivity index (χ2v) is 27.1. The largest absolute Gasteiger partial charge is 1.00 e. The maximum absolute atomic E-state index is 11.3. The van der Waals surface area contributed by atoms with E-state index < -0.39 is 77.7 Å². The molecule has 0 aliphatic rings. The van der Waals surface area contributed by atoms with E-state index in [-0.39, 0.29) is 86.0 Å². The van der Waals surface area contributed by atoms with Crippen LogP contribution in [0.15, 0.2) is 0 Å². The second kappa shape index (κ2) is 50.8. The molecule has 0 heterocycles. The zero-order chi connectivity index (χ0) is 61.3. The van der Waals surface area contributed by atoms with Gasteiger partial charge in [0.2, 0.25) is 9.05 Å². The first-order valence-corrected chi connectivity index (χ1v) is 30.8. The van der Waals surface area contributed by atoms with Crippen molar-refractivity contribution in [1.29, 1.82) is 0 Å². The summed E-state index contributed by atoms with van der Waals surface area (Å²) in [7, 11) is -2.17. The normalized spacial score (nSPS) is 12.8. The number of nitrogens with one attached hydrogen (secondary N) is 3. The maximum Gasteiger partial charge on any atom is 1.00 e. The molecule has 31 heteroatoms. The zero-order valence-electron chi connectivity index (χ0n) is 50.3. The smallest absolute Gasteiger partial charge is 0.796 e. The minimum atomic E-state index is -3.48. The van der Waals surface area contributed by atoms with E-state index in [1.165, 1.54) is 0 Å². The topological polar surface area (TPSA) is 347 Å². The fourth-order valence-electron chi connectivity index (χ4n) is 3.00. The van der Waals surface area contributed by atoms with E-state index in [0.717, 1.165) is 24.0 Å². The Kier molecular flexibility index (Phi) is 64.9. The van der Waals surface area contributed by atoms with Gasteiger partial charge >= 0.3 is 60.1 Å². The third-order valence-corrected chi connectivity index (χ3v) is 7.43. The molecule has 0 saturated heterocycles. The molecule has 0 spiro atoms. The number of halogens is 2. The van der Waals surface area contributed by atoms with Gasteiger partial charge in [-0.2, -0.15) is 38.2 Å². The van der Waals surface area contributed by atoms with Crippen LogP contribution in [0.4, 0.5) is 24.0 Å². The molecule has 0 aromatic heterocycles. The number of carbonyl (C=O) groups is 5. The fraction of sp³-hybridized carbons (Fsp3) is 0.889. The molecule has 0 aliphatic heterocycles. The van der Waals surface area contributed by atoms with Crippen LogP contribution >= 0.6 is 46.6 Å². The third-order valence-electron chi connectivity index (χ3n) is 5.18. The van der Waals surface area contributed by atoms with Crippen LogP contribution in [0.3, 0.4) is 0 Å². The van der Waals surface area contributed by atoms with Crippen LogP contribution in [0.1, 0.15) is 138 Å². The first kappa shape index (κ1) is 97.1. The summed E-state index contributed by atoms with van der Waals surface area (Å²) in [6.07, 6.45) is 3.97. The van der Waals surface area contributed by atoms with Crippen molar-refractivity contribution in [3.63, 3.8) is 0 Å². The van der Waals surface area contributed by atoms with Crippen molar-refractivity contribution >= 4 is 109 Å². The number of thioether (sulfide) groups is 2. The van der Waals surface area contributed by atoms with Gasteiger partial charge in [0.05, 0.1) is 44.4 Å². The number of hydrogen-bond donors (Lipinski definition) is 7. The van der Waals surface area contributed by atoms with Crippen molar-refractivity contribution in [1.82, 2.24) is 16.0 Å². The summed E-state index contributed by atoms with van der Waals surface area (Å²) in [6.45, 7) is 35.1. The Morgan fingerprint density at radius 1 is 0.539 bits per heavy atom. The molecule has 0 aliphatic carbocycles. The summed E-state index contributed by atoms with van der Waals surface area (Å²) in [5.41, 5.74) is 7.55. The molecular weight excluding hydrogens is 1150 g/mol. The van der Waals surface area contributed by atoms with Gasteiger partial charge in [0.25, 0.3) is 10.1 Å². The van der Waals surface area contributed by atoms with Crippen LogP contribution in [0.2, 0.25) is 0 Å². The maximum atomic E-state index is 11.3. The average Bonchev–Trinajstić information content (AvgIpc) is 3.11. The molecule has 23 nitrogen and oxygen atoms in total. The van der Waals surface area contributed by atoms with Crippen molar-refractivity contribution in [3.8, 4) is 0 Å². The number of rotatable bonds is 12. The molecular formula is C45H100Cl2N5NaO18S5. The Hall–Kier alpha value is -1.12. The molecule has 0 radical (unpaired) electrons. The van der Waals surface area contributed by atoms with Gasteiger partial charge in [-0.05, 0) is 151 Å². The molecule has 76 heavy (non-hydrogen) atoms. The third kappa shape index (κ3) is 121. The Labute approximate surface area is 505 Å². The van der Waals surface area contributed by atoms with Gasteiger partial charge < -0.3 is 78.7 Å². The van der Waals surface area contributed by atoms with E-state index in [4.69, 9.17) is 45.4 Å². The van der Waals surface area contributed by atoms with Crippen LogP contribution in [0.5, 0.6) is 0 Å². The molecule has 0 bridgehead atoms. The van der Waals surface area contributed by atoms with Crippen LogP contribution in [0, 0.1) is 0 Å². The Morgan fingerprint density at radius 3 is 0.974 bits per heavy atom. The predicted molar refractivity (Wildman–Crippen MR) is 310 cm³/mol. The number of aliphatic hydroxyl groups excluding tert-OH is 2. The Bertz CT molecular complexity index is 1660. The number of alkyl carbamates (subject to hydrolysis) is 3. The summed E-state index contributed by atoms with van der Waals surface area (Å²) in [4.78, 5) is 55.5. The van der Waals surface area contributed by atoms with Crippen molar-refractivity contribution in [2.45, 2.75) is 197 Å². The molecule has 0 aromatic rings. The van der Waals surface area contributed by atoms with Gasteiger partial charge in [-0.1, -0.05) is 0 Å². The van der Waals surface area contributed by atoms with Gasteiger partial charge in [-0.25, -0.2) is 32.4 Å². The van der Waals surface area contributed by atoms with E-state index in [1.807, 2.05) is 40.9 Å². The number of carbonyl (C=O) groups excluding carboxylic acids is 5. The fourth-order valence-corrected chi connectivity index (χ4v) is 4.56. The van der Waals surface area contributed by atoms with E-state index in [2.05, 4.69) is 54.4 Å².